The molecule has 2 aliphatic rings. The van der Waals surface area contributed by atoms with Gasteiger partial charge in [-0.15, -0.1) is 3.89 Å². The van der Waals surface area contributed by atoms with Gasteiger partial charge >= 0.3 is 40.5 Å². The van der Waals surface area contributed by atoms with E-state index in [1.807, 2.05) is 24.3 Å². The number of anilines is 1. The van der Waals surface area contributed by atoms with Gasteiger partial charge in [0, 0.05) is 30.4 Å². The van der Waals surface area contributed by atoms with Crippen LogP contribution in [-0.2, 0) is 19.8 Å². The number of phenolic OH excluding ortho intramolecular Hbond substituents is 1. The van der Waals surface area contributed by atoms with Crippen LogP contribution in [0.2, 0.25) is 0 Å². The molecule has 1 aliphatic carbocycles. The van der Waals surface area contributed by atoms with Crippen LogP contribution in [0.4, 0.5) is 40.4 Å². The Labute approximate surface area is 333 Å². The van der Waals surface area contributed by atoms with E-state index in [1.165, 1.54) is 18.2 Å². The van der Waals surface area contributed by atoms with E-state index < -0.39 is 51.1 Å². The van der Waals surface area contributed by atoms with Crippen molar-refractivity contribution in [3.05, 3.63) is 78.2 Å². The standard InChI is InChI=1S/C33H29F2N5O5S.2C2HF3O2/c34-28-29(26-15-23(41)14-22-3-1-2-4-25(22)26)37-16-27-30(28)38-33(39-31(27)40-17-19-5-6-20(13-19)18-40)45-12-11-36-32(42)21-7-9-24(10-8-21)46(35,43)44;2*3-2(4,5)1(6)7/h1-4,7-10,14-16,19-20,41H,5-6,11-13,17-18H2,(H,36,42);2*(H,6,7). The maximum atomic E-state index is 16.5. The molecule has 2 bridgehead atoms. The highest BCUT2D eigenvalue weighted by molar-refractivity contribution is 7.86. The number of hydrogen-bond donors (Lipinski definition) is 4. The van der Waals surface area contributed by atoms with Gasteiger partial charge in [0.25, 0.3) is 5.91 Å². The molecule has 3 aromatic carbocycles. The number of fused-ring (bicyclic) bond motifs is 4. The molecule has 3 heterocycles. The summed E-state index contributed by atoms with van der Waals surface area (Å²) in [6.07, 6.45) is -5.15. The fraction of sp³-hybridized carbons (Fsp3) is 0.297. The summed E-state index contributed by atoms with van der Waals surface area (Å²) < 4.78 is 121. The van der Waals surface area contributed by atoms with E-state index in [0.29, 0.717) is 28.6 Å². The van der Waals surface area contributed by atoms with Crippen molar-refractivity contribution in [2.45, 2.75) is 36.5 Å². The minimum Gasteiger partial charge on any atom is -0.508 e. The number of phenols is 1. The summed E-state index contributed by atoms with van der Waals surface area (Å²) >= 11 is 0. The maximum Gasteiger partial charge on any atom is 0.490 e. The maximum absolute atomic E-state index is 16.5. The summed E-state index contributed by atoms with van der Waals surface area (Å²) in [5.41, 5.74) is 0.626. The second-order valence-corrected chi connectivity index (χ2v) is 14.7. The van der Waals surface area contributed by atoms with Gasteiger partial charge in [-0.2, -0.15) is 44.7 Å². The third-order valence-corrected chi connectivity index (χ3v) is 9.99. The van der Waals surface area contributed by atoms with Crippen molar-refractivity contribution in [1.29, 1.82) is 0 Å². The summed E-state index contributed by atoms with van der Waals surface area (Å²) in [6.45, 7) is 1.55. The average molecular weight is 874 g/mol. The van der Waals surface area contributed by atoms with Crippen molar-refractivity contribution < 1.29 is 77.5 Å². The lowest BCUT2D eigenvalue weighted by molar-refractivity contribution is -0.193. The predicted octanol–water partition coefficient (Wildman–Crippen LogP) is 6.66. The zero-order valence-corrected chi connectivity index (χ0v) is 31.3. The predicted molar refractivity (Wildman–Crippen MR) is 195 cm³/mol. The number of carboxylic acid groups (broad SMARTS) is 2. The van der Waals surface area contributed by atoms with Gasteiger partial charge in [-0.25, -0.2) is 14.0 Å². The van der Waals surface area contributed by atoms with Crippen LogP contribution in [0.25, 0.3) is 32.9 Å². The molecule has 4 N–H and O–H groups in total. The SMILES string of the molecule is O=C(NCCOc1nc(N2CC3CCC(C3)C2)c2cnc(-c3cc(O)cc4ccccc34)c(F)c2n1)c1ccc(S(=O)(=O)F)cc1.O=C(O)C(F)(F)F.O=C(O)C(F)(F)F. The van der Waals surface area contributed by atoms with Crippen LogP contribution in [0.3, 0.4) is 0 Å². The Hall–Kier alpha value is -6.39. The molecular weight excluding hydrogens is 842 g/mol. The number of ether oxygens (including phenoxy) is 1. The summed E-state index contributed by atoms with van der Waals surface area (Å²) in [5, 5.41) is 29.2. The van der Waals surface area contributed by atoms with E-state index in [1.54, 1.807) is 12.3 Å². The first kappa shape index (κ1) is 44.7. The topological polar surface area (TPSA) is 209 Å². The number of carbonyl (C=O) groups is 3. The van der Waals surface area contributed by atoms with Crippen LogP contribution in [-0.4, -0.2) is 95.1 Å². The molecule has 2 unspecified atom stereocenters. The number of carboxylic acids is 2. The number of alkyl halides is 6. The fourth-order valence-corrected chi connectivity index (χ4v) is 7.03. The molecule has 0 radical (unpaired) electrons. The van der Waals surface area contributed by atoms with Gasteiger partial charge in [-0.1, -0.05) is 24.3 Å². The number of amides is 1. The van der Waals surface area contributed by atoms with E-state index in [9.17, 15) is 48.5 Å². The molecule has 1 aliphatic heterocycles. The number of benzene rings is 3. The molecule has 60 heavy (non-hydrogen) atoms. The zero-order valence-electron chi connectivity index (χ0n) is 30.5. The van der Waals surface area contributed by atoms with Crippen LogP contribution in [0.15, 0.2) is 71.8 Å². The molecule has 1 amide bonds. The lowest BCUT2D eigenvalue weighted by atomic mass is 9.98. The minimum atomic E-state index is -5.08. The Kier molecular flexibility index (Phi) is 13.3. The number of halogens is 8. The number of hydrogen-bond acceptors (Lipinski definition) is 11. The quantitative estimate of drug-likeness (QED) is 0.0732. The lowest BCUT2D eigenvalue weighted by Crippen LogP contribution is -2.37. The van der Waals surface area contributed by atoms with Crippen LogP contribution in [0, 0.1) is 17.7 Å². The average Bonchev–Trinajstić information content (AvgIpc) is 3.52. The molecular formula is C37H31F8N5O9S. The zero-order chi connectivity index (χ0) is 44.2. The lowest BCUT2D eigenvalue weighted by Gasteiger charge is -2.33. The fourth-order valence-electron chi connectivity index (χ4n) is 6.56. The van der Waals surface area contributed by atoms with Crippen LogP contribution < -0.4 is 15.0 Å². The number of carbonyl (C=O) groups excluding carboxylic acids is 1. The molecule has 320 valence electrons. The van der Waals surface area contributed by atoms with Crippen LogP contribution in [0.5, 0.6) is 11.8 Å². The smallest absolute Gasteiger partial charge is 0.490 e. The van der Waals surface area contributed by atoms with Crippen LogP contribution in [0.1, 0.15) is 29.6 Å². The molecule has 23 heteroatoms. The van der Waals surface area contributed by atoms with Gasteiger partial charge in [0.05, 0.1) is 16.8 Å². The Morgan fingerprint density at radius 3 is 2.02 bits per heavy atom. The van der Waals surface area contributed by atoms with Crippen LogP contribution >= 0.6 is 0 Å². The number of nitrogens with one attached hydrogen (secondary N) is 1. The van der Waals surface area contributed by atoms with Gasteiger partial charge in [0.2, 0.25) is 0 Å². The third kappa shape index (κ3) is 11.0. The molecule has 2 fully saturated rings. The third-order valence-electron chi connectivity index (χ3n) is 9.15. The van der Waals surface area contributed by atoms with Crippen molar-refractivity contribution in [2.24, 2.45) is 11.8 Å². The van der Waals surface area contributed by atoms with Gasteiger partial charge in [0.1, 0.15) is 29.4 Å². The van der Waals surface area contributed by atoms with E-state index >= 15 is 4.39 Å². The molecule has 7 rings (SSSR count). The summed E-state index contributed by atoms with van der Waals surface area (Å²) in [4.78, 5) is 45.6. The van der Waals surface area contributed by atoms with E-state index in [2.05, 4.69) is 25.2 Å². The number of aromatic nitrogens is 3. The summed E-state index contributed by atoms with van der Waals surface area (Å²) in [6, 6.07) is 14.8. The van der Waals surface area contributed by atoms with E-state index in [-0.39, 0.29) is 41.7 Å². The Bertz CT molecular complexity index is 2490. The van der Waals surface area contributed by atoms with Gasteiger partial charge < -0.3 is 30.3 Å². The molecule has 14 nitrogen and oxygen atoms in total. The second-order valence-electron chi connectivity index (χ2n) is 13.3. The van der Waals surface area contributed by atoms with E-state index in [0.717, 1.165) is 55.3 Å². The van der Waals surface area contributed by atoms with E-state index in [4.69, 9.17) is 24.5 Å². The van der Waals surface area contributed by atoms with Gasteiger partial charge in [-0.05, 0) is 78.3 Å². The monoisotopic (exact) mass is 873 g/mol. The number of aromatic hydroxyl groups is 1. The van der Waals surface area contributed by atoms with Gasteiger partial charge in [0.15, 0.2) is 5.82 Å². The molecule has 1 saturated carbocycles. The molecule has 2 aromatic heterocycles. The van der Waals surface area contributed by atoms with Gasteiger partial charge in [-0.3, -0.25) is 9.78 Å². The first-order valence-electron chi connectivity index (χ1n) is 17.4. The normalized spacial score (nSPS) is 16.3. The van der Waals surface area contributed by atoms with Crippen molar-refractivity contribution in [3.8, 4) is 23.0 Å². The number of nitrogens with zero attached hydrogens (tertiary/aromatic N) is 4. The number of pyridine rings is 1. The van der Waals surface area contributed by atoms with Crippen molar-refractivity contribution in [2.75, 3.05) is 31.1 Å². The Balaban J connectivity index is 0.000000420. The Morgan fingerprint density at radius 2 is 1.45 bits per heavy atom. The number of rotatable bonds is 8. The summed E-state index contributed by atoms with van der Waals surface area (Å²) in [5.74, 6) is -5.14. The van der Waals surface area contributed by atoms with Crippen molar-refractivity contribution >= 4 is 55.6 Å². The minimum absolute atomic E-state index is 0.0170. The highest BCUT2D eigenvalue weighted by Gasteiger charge is 2.39. The van der Waals surface area contributed by atoms with Crippen molar-refractivity contribution in [1.82, 2.24) is 20.3 Å². The molecule has 5 aromatic rings. The molecule has 0 spiro atoms. The number of aliphatic carboxylic acids is 2. The second kappa shape index (κ2) is 17.8. The highest BCUT2D eigenvalue weighted by Crippen LogP contribution is 2.41. The molecule has 2 atom stereocenters. The largest absolute Gasteiger partial charge is 0.508 e. The molecule has 1 saturated heterocycles. The Morgan fingerprint density at radius 1 is 0.867 bits per heavy atom. The highest BCUT2D eigenvalue weighted by atomic mass is 32.3. The first-order chi connectivity index (χ1) is 28.0. The number of piperidine rings is 1. The first-order valence-corrected chi connectivity index (χ1v) is 18.8. The van der Waals surface area contributed by atoms with Crippen molar-refractivity contribution in [3.63, 3.8) is 0 Å². The summed E-state index contributed by atoms with van der Waals surface area (Å²) in [7, 11) is -4.87.